The molecule has 0 bridgehead atoms. The van der Waals surface area contributed by atoms with Gasteiger partial charge in [-0.2, -0.15) is 13.2 Å². The molecule has 1 unspecified atom stereocenters. The standard InChI is InChI=1S/C23H22F3N5O3/c24-23(25,26)18-13-28-21(30-17-8-6-15(7-9-17)12-29-22(33)34)31-20(18)16(11-19(27)32)10-14-4-2-1-3-5-14/h1-9,13,16,29H,10-12H2,(H2,27,32)(H,33,34)(H,28,30,31). The Morgan fingerprint density at radius 3 is 2.29 bits per heavy atom. The van der Waals surface area contributed by atoms with E-state index in [2.05, 4.69) is 20.6 Å². The SMILES string of the molecule is NC(=O)CC(Cc1ccccc1)c1nc(Nc2ccc(CNC(=O)O)cc2)ncc1C(F)(F)F. The molecule has 0 saturated carbocycles. The van der Waals surface area contributed by atoms with Crippen LogP contribution in [0.5, 0.6) is 0 Å². The fourth-order valence-electron chi connectivity index (χ4n) is 3.40. The molecule has 11 heteroatoms. The van der Waals surface area contributed by atoms with E-state index < -0.39 is 29.7 Å². The van der Waals surface area contributed by atoms with Crippen molar-refractivity contribution in [3.8, 4) is 0 Å². The van der Waals surface area contributed by atoms with Gasteiger partial charge in [-0.15, -0.1) is 0 Å². The normalized spacial score (nSPS) is 12.1. The zero-order valence-corrected chi connectivity index (χ0v) is 17.8. The summed E-state index contributed by atoms with van der Waals surface area (Å²) in [5, 5.41) is 13.8. The third kappa shape index (κ3) is 6.92. The molecule has 2 amide bonds. The first-order valence-electron chi connectivity index (χ1n) is 10.2. The van der Waals surface area contributed by atoms with E-state index in [1.165, 1.54) is 0 Å². The van der Waals surface area contributed by atoms with E-state index >= 15 is 0 Å². The van der Waals surface area contributed by atoms with Crippen LogP contribution in [0.15, 0.2) is 60.8 Å². The second-order valence-corrected chi connectivity index (χ2v) is 7.53. The molecule has 1 atom stereocenters. The Morgan fingerprint density at radius 2 is 1.71 bits per heavy atom. The number of carbonyl (C=O) groups is 2. The molecule has 0 aliphatic heterocycles. The lowest BCUT2D eigenvalue weighted by molar-refractivity contribution is -0.139. The van der Waals surface area contributed by atoms with Gasteiger partial charge in [0.15, 0.2) is 0 Å². The summed E-state index contributed by atoms with van der Waals surface area (Å²) in [6.45, 7) is 0.102. The van der Waals surface area contributed by atoms with Crippen molar-refractivity contribution in [1.82, 2.24) is 15.3 Å². The molecule has 34 heavy (non-hydrogen) atoms. The molecule has 3 aromatic rings. The van der Waals surface area contributed by atoms with Crippen molar-refractivity contribution >= 4 is 23.6 Å². The molecule has 1 aromatic heterocycles. The number of anilines is 2. The van der Waals surface area contributed by atoms with Crippen LogP contribution in [0, 0.1) is 0 Å². The smallest absolute Gasteiger partial charge is 0.419 e. The van der Waals surface area contributed by atoms with Gasteiger partial charge >= 0.3 is 12.3 Å². The number of halogens is 3. The van der Waals surface area contributed by atoms with Crippen molar-refractivity contribution in [1.29, 1.82) is 0 Å². The van der Waals surface area contributed by atoms with Crippen LogP contribution in [0.4, 0.5) is 29.6 Å². The number of primary amides is 1. The van der Waals surface area contributed by atoms with E-state index in [1.54, 1.807) is 54.6 Å². The summed E-state index contributed by atoms with van der Waals surface area (Å²) in [6, 6.07) is 15.3. The highest BCUT2D eigenvalue weighted by Gasteiger charge is 2.37. The van der Waals surface area contributed by atoms with Crippen molar-refractivity contribution in [2.45, 2.75) is 31.5 Å². The van der Waals surface area contributed by atoms with Crippen LogP contribution >= 0.6 is 0 Å². The van der Waals surface area contributed by atoms with Crippen LogP contribution < -0.4 is 16.4 Å². The lowest BCUT2D eigenvalue weighted by Gasteiger charge is -2.20. The second-order valence-electron chi connectivity index (χ2n) is 7.53. The van der Waals surface area contributed by atoms with Crippen LogP contribution in [0.3, 0.4) is 0 Å². The summed E-state index contributed by atoms with van der Waals surface area (Å²) >= 11 is 0. The highest BCUT2D eigenvalue weighted by atomic mass is 19.4. The highest BCUT2D eigenvalue weighted by molar-refractivity contribution is 5.75. The number of hydrogen-bond acceptors (Lipinski definition) is 5. The first kappa shape index (κ1) is 24.5. The number of nitrogens with two attached hydrogens (primary N) is 1. The van der Waals surface area contributed by atoms with Gasteiger partial charge in [0, 0.05) is 30.8 Å². The quantitative estimate of drug-likeness (QED) is 0.368. The number of rotatable bonds is 9. The summed E-state index contributed by atoms with van der Waals surface area (Å²) in [4.78, 5) is 30.2. The van der Waals surface area contributed by atoms with Crippen LogP contribution in [-0.4, -0.2) is 27.1 Å². The molecule has 0 spiro atoms. The van der Waals surface area contributed by atoms with Crippen LogP contribution in [0.1, 0.15) is 34.7 Å². The van der Waals surface area contributed by atoms with E-state index in [4.69, 9.17) is 10.8 Å². The molecule has 3 rings (SSSR count). The van der Waals surface area contributed by atoms with Gasteiger partial charge < -0.3 is 21.5 Å². The average molecular weight is 473 g/mol. The zero-order chi connectivity index (χ0) is 24.7. The molecule has 5 N–H and O–H groups in total. The van der Waals surface area contributed by atoms with Gasteiger partial charge in [0.1, 0.15) is 0 Å². The third-order valence-electron chi connectivity index (χ3n) is 4.94. The molecule has 0 fully saturated rings. The van der Waals surface area contributed by atoms with Crippen molar-refractivity contribution in [3.05, 3.63) is 83.2 Å². The predicted molar refractivity (Wildman–Crippen MR) is 118 cm³/mol. The first-order valence-corrected chi connectivity index (χ1v) is 10.2. The molecule has 2 aromatic carbocycles. The number of carbonyl (C=O) groups excluding carboxylic acids is 1. The van der Waals surface area contributed by atoms with Gasteiger partial charge in [0.25, 0.3) is 0 Å². The number of hydrogen-bond donors (Lipinski definition) is 4. The van der Waals surface area contributed by atoms with Crippen molar-refractivity contribution < 1.29 is 27.9 Å². The third-order valence-corrected chi connectivity index (χ3v) is 4.94. The van der Waals surface area contributed by atoms with Gasteiger partial charge in [0.05, 0.1) is 11.3 Å². The van der Waals surface area contributed by atoms with Crippen molar-refractivity contribution in [3.63, 3.8) is 0 Å². The Morgan fingerprint density at radius 1 is 1.03 bits per heavy atom. The van der Waals surface area contributed by atoms with Crippen LogP contribution in [0.2, 0.25) is 0 Å². The Hall–Kier alpha value is -4.15. The van der Waals surface area contributed by atoms with Crippen molar-refractivity contribution in [2.75, 3.05) is 5.32 Å². The highest BCUT2D eigenvalue weighted by Crippen LogP contribution is 2.37. The lowest BCUT2D eigenvalue weighted by Crippen LogP contribution is -2.22. The number of nitrogens with zero attached hydrogens (tertiary/aromatic N) is 2. The summed E-state index contributed by atoms with van der Waals surface area (Å²) < 4.78 is 41.3. The lowest BCUT2D eigenvalue weighted by atomic mass is 9.90. The largest absolute Gasteiger partial charge is 0.465 e. The van der Waals surface area contributed by atoms with Gasteiger partial charge in [-0.3, -0.25) is 4.79 Å². The molecule has 0 aliphatic carbocycles. The Balaban J connectivity index is 1.91. The number of benzene rings is 2. The van der Waals surface area contributed by atoms with Crippen LogP contribution in [-0.2, 0) is 23.9 Å². The molecule has 178 valence electrons. The van der Waals surface area contributed by atoms with Gasteiger partial charge in [0.2, 0.25) is 11.9 Å². The second kappa shape index (κ2) is 10.6. The molecule has 1 heterocycles. The molecular weight excluding hydrogens is 451 g/mol. The van der Waals surface area contributed by atoms with E-state index in [0.717, 1.165) is 5.56 Å². The molecule has 8 nitrogen and oxygen atoms in total. The number of carboxylic acid groups (broad SMARTS) is 1. The summed E-state index contributed by atoms with van der Waals surface area (Å²) in [6.07, 6.45) is -5.38. The van der Waals surface area contributed by atoms with Gasteiger partial charge in [-0.25, -0.2) is 14.8 Å². The maximum atomic E-state index is 13.8. The van der Waals surface area contributed by atoms with E-state index in [1.807, 2.05) is 0 Å². The minimum atomic E-state index is -4.72. The molecule has 0 aliphatic rings. The van der Waals surface area contributed by atoms with Crippen LogP contribution in [0.25, 0.3) is 0 Å². The minimum absolute atomic E-state index is 0.0815. The van der Waals surface area contributed by atoms with E-state index in [0.29, 0.717) is 17.4 Å². The number of alkyl halides is 3. The monoisotopic (exact) mass is 473 g/mol. The minimum Gasteiger partial charge on any atom is -0.465 e. The number of aromatic nitrogens is 2. The Kier molecular flexibility index (Phi) is 7.67. The fraction of sp³-hybridized carbons (Fsp3) is 0.217. The average Bonchev–Trinajstić information content (AvgIpc) is 2.78. The fourth-order valence-corrected chi connectivity index (χ4v) is 3.40. The molecular formula is C23H22F3N5O3. The molecule has 0 saturated heterocycles. The number of nitrogens with one attached hydrogen (secondary N) is 2. The summed E-state index contributed by atoms with van der Waals surface area (Å²) in [7, 11) is 0. The van der Waals surface area contributed by atoms with Gasteiger partial charge in [-0.05, 0) is 29.7 Å². The van der Waals surface area contributed by atoms with Crippen molar-refractivity contribution in [2.24, 2.45) is 5.73 Å². The predicted octanol–water partition coefficient (Wildman–Crippen LogP) is 4.21. The molecule has 0 radical (unpaired) electrons. The van der Waals surface area contributed by atoms with E-state index in [-0.39, 0.29) is 31.0 Å². The maximum absolute atomic E-state index is 13.8. The van der Waals surface area contributed by atoms with E-state index in [9.17, 15) is 22.8 Å². The Bertz CT molecular complexity index is 1140. The Labute approximate surface area is 193 Å². The summed E-state index contributed by atoms with van der Waals surface area (Å²) in [5.74, 6) is -1.74. The maximum Gasteiger partial charge on any atom is 0.419 e. The number of amides is 2. The first-order chi connectivity index (χ1) is 16.1. The van der Waals surface area contributed by atoms with Gasteiger partial charge in [-0.1, -0.05) is 42.5 Å². The summed E-state index contributed by atoms with van der Waals surface area (Å²) in [5.41, 5.74) is 5.89. The zero-order valence-electron chi connectivity index (χ0n) is 17.8. The topological polar surface area (TPSA) is 130 Å².